The fourth-order valence-corrected chi connectivity index (χ4v) is 4.33. The van der Waals surface area contributed by atoms with Crippen LogP contribution in [-0.2, 0) is 23.1 Å². The number of benzene rings is 1. The molecule has 4 aromatic rings. The molecule has 0 atom stereocenters. The van der Waals surface area contributed by atoms with Crippen LogP contribution in [0.5, 0.6) is 0 Å². The molecule has 166 valence electrons. The summed E-state index contributed by atoms with van der Waals surface area (Å²) < 4.78 is 28.0. The normalized spacial score (nSPS) is 17.2. The fraction of sp³-hybridized carbons (Fsp3) is 0.333. The summed E-state index contributed by atoms with van der Waals surface area (Å²) in [7, 11) is 1.75. The summed E-state index contributed by atoms with van der Waals surface area (Å²) >= 11 is 0. The molecule has 2 aliphatic rings. The molecule has 8 nitrogen and oxygen atoms in total. The molecule has 0 unspecified atom stereocenters. The minimum atomic E-state index is -0.397. The Balaban J connectivity index is 1.57. The fourth-order valence-electron chi connectivity index (χ4n) is 4.33. The highest BCUT2D eigenvalue weighted by Gasteiger charge is 2.31. The molecule has 1 fully saturated rings. The van der Waals surface area contributed by atoms with Crippen LogP contribution in [0.1, 0.15) is 18.1 Å². The predicted octanol–water partition coefficient (Wildman–Crippen LogP) is 3.11. The van der Waals surface area contributed by atoms with Crippen molar-refractivity contribution in [1.29, 1.82) is 0 Å². The topological polar surface area (TPSA) is 78.2 Å². The first kappa shape index (κ1) is 20.0. The van der Waals surface area contributed by atoms with Gasteiger partial charge in [0.05, 0.1) is 37.2 Å². The second-order valence-electron chi connectivity index (χ2n) is 8.65. The Morgan fingerprint density at radius 1 is 1.18 bits per heavy atom. The maximum absolute atomic E-state index is 15.2. The Morgan fingerprint density at radius 3 is 2.88 bits per heavy atom. The van der Waals surface area contributed by atoms with Gasteiger partial charge in [-0.2, -0.15) is 0 Å². The molecule has 6 rings (SSSR count). The van der Waals surface area contributed by atoms with Gasteiger partial charge in [-0.1, -0.05) is 23.1 Å². The van der Waals surface area contributed by atoms with Crippen LogP contribution in [-0.4, -0.2) is 51.3 Å². The lowest BCUT2D eigenvalue weighted by atomic mass is 9.89. The Bertz CT molecular complexity index is 1470. The molecule has 0 bridgehead atoms. The van der Waals surface area contributed by atoms with Gasteiger partial charge in [-0.15, -0.1) is 5.10 Å². The van der Waals surface area contributed by atoms with Crippen LogP contribution in [0.3, 0.4) is 0 Å². The lowest BCUT2D eigenvalue weighted by molar-refractivity contribution is -0.0648. The zero-order chi connectivity index (χ0) is 22.6. The van der Waals surface area contributed by atoms with Crippen molar-refractivity contribution in [1.82, 2.24) is 25.0 Å². The maximum Gasteiger partial charge on any atom is 0.206 e. The summed E-state index contributed by atoms with van der Waals surface area (Å²) in [6.07, 6.45) is 1.45. The van der Waals surface area contributed by atoms with Crippen LogP contribution in [0.15, 0.2) is 30.5 Å². The second-order valence-corrected chi connectivity index (χ2v) is 8.65. The van der Waals surface area contributed by atoms with Gasteiger partial charge >= 0.3 is 0 Å². The second kappa shape index (κ2) is 7.47. The van der Waals surface area contributed by atoms with Crippen LogP contribution in [0, 0.1) is 23.1 Å². The summed E-state index contributed by atoms with van der Waals surface area (Å²) in [5.74, 6) is 6.72. The molecule has 3 aromatic heterocycles. The van der Waals surface area contributed by atoms with E-state index < -0.39 is 5.82 Å². The van der Waals surface area contributed by atoms with Gasteiger partial charge in [0, 0.05) is 36.6 Å². The molecule has 9 heteroatoms. The van der Waals surface area contributed by atoms with Crippen molar-refractivity contribution in [2.24, 2.45) is 12.5 Å². The van der Waals surface area contributed by atoms with Gasteiger partial charge in [-0.25, -0.2) is 14.1 Å². The van der Waals surface area contributed by atoms with Gasteiger partial charge in [0.1, 0.15) is 22.7 Å². The molecule has 0 amide bonds. The molecule has 33 heavy (non-hydrogen) atoms. The number of fused-ring (bicyclic) bond motifs is 4. The van der Waals surface area contributed by atoms with Gasteiger partial charge in [0.25, 0.3) is 0 Å². The van der Waals surface area contributed by atoms with E-state index in [0.717, 1.165) is 16.8 Å². The molecule has 0 aliphatic carbocycles. The lowest BCUT2D eigenvalue weighted by Crippen LogP contribution is -2.38. The number of rotatable bonds is 1. The first-order chi connectivity index (χ1) is 16.0. The zero-order valence-corrected chi connectivity index (χ0v) is 18.3. The van der Waals surface area contributed by atoms with Crippen LogP contribution in [0.2, 0.25) is 0 Å². The number of aryl methyl sites for hydroxylation is 1. The molecule has 0 N–H and O–H groups in total. The van der Waals surface area contributed by atoms with Gasteiger partial charge in [0.15, 0.2) is 0 Å². The van der Waals surface area contributed by atoms with Crippen LogP contribution >= 0.6 is 0 Å². The summed E-state index contributed by atoms with van der Waals surface area (Å²) in [5.41, 5.74) is 4.07. The van der Waals surface area contributed by atoms with E-state index >= 15 is 4.39 Å². The van der Waals surface area contributed by atoms with Crippen molar-refractivity contribution in [2.45, 2.75) is 13.5 Å². The Morgan fingerprint density at radius 2 is 2.06 bits per heavy atom. The molecule has 5 heterocycles. The third-order valence-corrected chi connectivity index (χ3v) is 6.11. The minimum Gasteiger partial charge on any atom is -0.378 e. The highest BCUT2D eigenvalue weighted by molar-refractivity contribution is 6.06. The molecule has 1 aromatic carbocycles. The van der Waals surface area contributed by atoms with E-state index in [-0.39, 0.29) is 5.41 Å². The van der Waals surface area contributed by atoms with Crippen molar-refractivity contribution < 1.29 is 13.9 Å². The molecule has 2 aliphatic heterocycles. The average molecular weight is 444 g/mol. The van der Waals surface area contributed by atoms with E-state index in [4.69, 9.17) is 14.5 Å². The number of ether oxygens (including phenoxy) is 2. The van der Waals surface area contributed by atoms with Crippen molar-refractivity contribution in [3.8, 4) is 11.8 Å². The van der Waals surface area contributed by atoms with E-state index in [0.29, 0.717) is 60.9 Å². The first-order valence-corrected chi connectivity index (χ1v) is 10.8. The highest BCUT2D eigenvalue weighted by atomic mass is 19.1. The molecular formula is C24H21FN6O2. The maximum atomic E-state index is 15.2. The number of hydrogen-bond donors (Lipinski definition) is 0. The van der Waals surface area contributed by atoms with Crippen molar-refractivity contribution in [2.75, 3.05) is 31.3 Å². The molecule has 1 saturated heterocycles. The summed E-state index contributed by atoms with van der Waals surface area (Å²) in [6, 6.07) is 7.28. The van der Waals surface area contributed by atoms with Gasteiger partial charge in [-0.3, -0.25) is 4.98 Å². The van der Waals surface area contributed by atoms with Crippen molar-refractivity contribution >= 4 is 33.6 Å². The monoisotopic (exact) mass is 444 g/mol. The summed E-state index contributed by atoms with van der Waals surface area (Å²) in [5, 5.41) is 8.57. The summed E-state index contributed by atoms with van der Waals surface area (Å²) in [4.78, 5) is 11.2. The predicted molar refractivity (Wildman–Crippen MR) is 120 cm³/mol. The third kappa shape index (κ3) is 3.22. The molecular weight excluding hydrogens is 423 g/mol. The van der Waals surface area contributed by atoms with Gasteiger partial charge in [-0.05, 0) is 25.1 Å². The van der Waals surface area contributed by atoms with Crippen molar-refractivity contribution in [3.05, 3.63) is 47.4 Å². The molecule has 0 spiro atoms. The van der Waals surface area contributed by atoms with E-state index in [1.54, 1.807) is 11.7 Å². The van der Waals surface area contributed by atoms with Crippen LogP contribution in [0.4, 0.5) is 15.9 Å². The number of halogens is 1. The van der Waals surface area contributed by atoms with E-state index in [2.05, 4.69) is 34.1 Å². The molecule has 0 saturated carbocycles. The third-order valence-electron chi connectivity index (χ3n) is 6.11. The van der Waals surface area contributed by atoms with Gasteiger partial charge in [0.2, 0.25) is 5.65 Å². The molecule has 0 radical (unpaired) electrons. The zero-order valence-electron chi connectivity index (χ0n) is 18.3. The first-order valence-electron chi connectivity index (χ1n) is 10.8. The average Bonchev–Trinajstić information content (AvgIpc) is 3.03. The quantitative estimate of drug-likeness (QED) is 0.418. The standard InChI is InChI=1S/C24H21FN6O2/c1-24(13-33-14-24)8-6-15-4-3-5-18-16(15)12-32-11-10-31(18)23-19-17(25)7-9-26-20(19)21-22(27-23)28-29-30(21)2/h3-5,7,9H,10-14H2,1-2H3. The SMILES string of the molecule is Cn1nnc2nc(N3CCOCc4c(C#CC5(C)COC5)cccc43)c3c(F)ccnc3c21. The number of anilines is 2. The Labute approximate surface area is 189 Å². The van der Waals surface area contributed by atoms with E-state index in [1.807, 2.05) is 23.1 Å². The smallest absolute Gasteiger partial charge is 0.206 e. The number of nitrogens with zero attached hydrogens (tertiary/aromatic N) is 6. The Hall–Kier alpha value is -3.61. The lowest BCUT2D eigenvalue weighted by Gasteiger charge is -2.32. The van der Waals surface area contributed by atoms with Crippen LogP contribution in [0.25, 0.3) is 22.1 Å². The highest BCUT2D eigenvalue weighted by Crippen LogP contribution is 2.38. The number of pyridine rings is 2. The van der Waals surface area contributed by atoms with Crippen molar-refractivity contribution in [3.63, 3.8) is 0 Å². The summed E-state index contributed by atoms with van der Waals surface area (Å²) in [6.45, 7) is 4.73. The number of aromatic nitrogens is 5. The van der Waals surface area contributed by atoms with E-state index in [1.165, 1.54) is 12.3 Å². The minimum absolute atomic E-state index is 0.127. The Kier molecular flexibility index (Phi) is 4.54. The van der Waals surface area contributed by atoms with Crippen LogP contribution < -0.4 is 4.90 Å². The van der Waals surface area contributed by atoms with Gasteiger partial charge < -0.3 is 14.4 Å². The largest absolute Gasteiger partial charge is 0.378 e. The van der Waals surface area contributed by atoms with E-state index in [9.17, 15) is 0 Å². The number of hydrogen-bond acceptors (Lipinski definition) is 7.